The molecule has 0 aliphatic heterocycles. The lowest BCUT2D eigenvalue weighted by Crippen LogP contribution is -2.20. The van der Waals surface area contributed by atoms with Crippen LogP contribution in [0.2, 0.25) is 0 Å². The molecule has 1 unspecified atom stereocenters. The number of carbonyl (C=O) groups excluding carboxylic acids is 1. The van der Waals surface area contributed by atoms with Crippen molar-refractivity contribution in [3.8, 4) is 11.1 Å². The fourth-order valence-electron chi connectivity index (χ4n) is 3.29. The van der Waals surface area contributed by atoms with E-state index in [1.807, 2.05) is 31.2 Å². The Morgan fingerprint density at radius 3 is 2.07 bits per heavy atom. The van der Waals surface area contributed by atoms with Gasteiger partial charge in [0, 0.05) is 6.61 Å². The van der Waals surface area contributed by atoms with Crippen molar-refractivity contribution in [3.05, 3.63) is 59.7 Å². The fourth-order valence-corrected chi connectivity index (χ4v) is 3.29. The van der Waals surface area contributed by atoms with Crippen molar-refractivity contribution in [1.29, 1.82) is 0 Å². The van der Waals surface area contributed by atoms with Crippen molar-refractivity contribution in [2.75, 3.05) is 13.2 Å². The zero-order chi connectivity index (χ0) is 20.9. The van der Waals surface area contributed by atoms with Crippen LogP contribution in [-0.4, -0.2) is 25.3 Å². The number of aryl methyl sites for hydroxylation is 1. The van der Waals surface area contributed by atoms with Gasteiger partial charge in [-0.2, -0.15) is 0 Å². The fraction of sp³-hybridized carbons (Fsp3) is 0.500. The summed E-state index contributed by atoms with van der Waals surface area (Å²) >= 11 is 0. The Morgan fingerprint density at radius 1 is 0.828 bits per heavy atom. The van der Waals surface area contributed by atoms with Crippen LogP contribution >= 0.6 is 0 Å². The van der Waals surface area contributed by atoms with E-state index in [1.165, 1.54) is 31.2 Å². The van der Waals surface area contributed by atoms with E-state index in [0.717, 1.165) is 37.0 Å². The van der Waals surface area contributed by atoms with Gasteiger partial charge in [-0.05, 0) is 48.6 Å². The van der Waals surface area contributed by atoms with Crippen LogP contribution in [0.25, 0.3) is 11.1 Å². The van der Waals surface area contributed by atoms with E-state index in [9.17, 15) is 4.79 Å². The van der Waals surface area contributed by atoms with Gasteiger partial charge in [0.1, 0.15) is 6.10 Å². The average Bonchev–Trinajstić information content (AvgIpc) is 2.74. The normalized spacial score (nSPS) is 12.0. The predicted molar refractivity (Wildman–Crippen MR) is 120 cm³/mol. The van der Waals surface area contributed by atoms with Gasteiger partial charge in [-0.15, -0.1) is 0 Å². The quantitative estimate of drug-likeness (QED) is 0.275. The molecule has 2 aromatic rings. The maximum Gasteiger partial charge on any atom is 0.338 e. The molecule has 0 spiro atoms. The van der Waals surface area contributed by atoms with E-state index >= 15 is 0 Å². The molecular formula is C26H36O3. The minimum Gasteiger partial charge on any atom is -0.457 e. The molecule has 0 saturated carbocycles. The zero-order valence-corrected chi connectivity index (χ0v) is 18.3. The summed E-state index contributed by atoms with van der Waals surface area (Å²) in [5.74, 6) is -0.297. The molecule has 0 amide bonds. The average molecular weight is 397 g/mol. The van der Waals surface area contributed by atoms with Crippen molar-refractivity contribution >= 4 is 5.97 Å². The Kier molecular flexibility index (Phi) is 10.5. The maximum absolute atomic E-state index is 12.3. The number of benzene rings is 2. The van der Waals surface area contributed by atoms with Gasteiger partial charge in [0.2, 0.25) is 0 Å². The van der Waals surface area contributed by atoms with Gasteiger partial charge in [-0.25, -0.2) is 4.79 Å². The van der Waals surface area contributed by atoms with Crippen LogP contribution in [0.1, 0.15) is 75.2 Å². The lowest BCUT2D eigenvalue weighted by molar-refractivity contribution is 0.00152. The number of rotatable bonds is 13. The van der Waals surface area contributed by atoms with Crippen LogP contribution in [0.4, 0.5) is 0 Å². The Labute approximate surface area is 176 Å². The monoisotopic (exact) mass is 396 g/mol. The highest BCUT2D eigenvalue weighted by Gasteiger charge is 2.12. The van der Waals surface area contributed by atoms with Crippen molar-refractivity contribution < 1.29 is 14.3 Å². The van der Waals surface area contributed by atoms with E-state index < -0.39 is 0 Å². The Hall–Kier alpha value is -2.13. The number of ether oxygens (including phenoxy) is 2. The molecule has 0 bridgehead atoms. The third-order valence-corrected chi connectivity index (χ3v) is 5.00. The summed E-state index contributed by atoms with van der Waals surface area (Å²) in [6, 6.07) is 16.2. The number of unbranched alkanes of at least 4 members (excludes halogenated alkanes) is 4. The molecule has 3 nitrogen and oxygen atoms in total. The third kappa shape index (κ3) is 8.41. The Bertz CT molecular complexity index is 704. The first kappa shape index (κ1) is 23.2. The molecular weight excluding hydrogens is 360 g/mol. The second-order valence-corrected chi connectivity index (χ2v) is 7.73. The summed E-state index contributed by atoms with van der Waals surface area (Å²) in [4.78, 5) is 12.3. The molecule has 2 rings (SSSR count). The molecule has 0 aliphatic carbocycles. The maximum atomic E-state index is 12.3. The van der Waals surface area contributed by atoms with E-state index in [0.29, 0.717) is 12.2 Å². The minimum absolute atomic E-state index is 0.246. The summed E-state index contributed by atoms with van der Waals surface area (Å²) in [7, 11) is 0. The first-order valence-corrected chi connectivity index (χ1v) is 11.1. The Balaban J connectivity index is 1.76. The van der Waals surface area contributed by atoms with Crippen LogP contribution in [0.15, 0.2) is 48.5 Å². The molecule has 0 saturated heterocycles. The topological polar surface area (TPSA) is 35.5 Å². The second kappa shape index (κ2) is 13.2. The number of esters is 1. The zero-order valence-electron chi connectivity index (χ0n) is 18.3. The van der Waals surface area contributed by atoms with Gasteiger partial charge in [-0.3, -0.25) is 0 Å². The second-order valence-electron chi connectivity index (χ2n) is 7.73. The predicted octanol–water partition coefficient (Wildman–Crippen LogP) is 6.84. The summed E-state index contributed by atoms with van der Waals surface area (Å²) < 4.78 is 11.1. The van der Waals surface area contributed by atoms with Crippen molar-refractivity contribution in [2.45, 2.75) is 71.8 Å². The molecule has 0 radical (unpaired) electrons. The van der Waals surface area contributed by atoms with Gasteiger partial charge in [-0.1, -0.05) is 82.3 Å². The molecule has 0 heterocycles. The summed E-state index contributed by atoms with van der Waals surface area (Å²) in [5, 5.41) is 0. The van der Waals surface area contributed by atoms with Crippen LogP contribution in [-0.2, 0) is 15.9 Å². The number of hydrogen-bond donors (Lipinski definition) is 0. The van der Waals surface area contributed by atoms with E-state index in [4.69, 9.17) is 9.47 Å². The van der Waals surface area contributed by atoms with Crippen LogP contribution in [0.3, 0.4) is 0 Å². The third-order valence-electron chi connectivity index (χ3n) is 5.00. The molecule has 0 N–H and O–H groups in total. The first-order valence-electron chi connectivity index (χ1n) is 11.1. The summed E-state index contributed by atoms with van der Waals surface area (Å²) in [6.45, 7) is 7.46. The lowest BCUT2D eigenvalue weighted by Gasteiger charge is -2.14. The summed E-state index contributed by atoms with van der Waals surface area (Å²) in [5.41, 5.74) is 4.19. The molecule has 0 aromatic heterocycles. The molecule has 29 heavy (non-hydrogen) atoms. The number of carbonyl (C=O) groups is 1. The lowest BCUT2D eigenvalue weighted by atomic mass is 10.0. The van der Waals surface area contributed by atoms with Crippen LogP contribution in [0.5, 0.6) is 0 Å². The van der Waals surface area contributed by atoms with Gasteiger partial charge < -0.3 is 9.47 Å². The van der Waals surface area contributed by atoms with Crippen molar-refractivity contribution in [1.82, 2.24) is 0 Å². The smallest absolute Gasteiger partial charge is 0.338 e. The molecule has 158 valence electrons. The van der Waals surface area contributed by atoms with Crippen LogP contribution in [0, 0.1) is 0 Å². The molecule has 1 atom stereocenters. The highest BCUT2D eigenvalue weighted by Crippen LogP contribution is 2.21. The summed E-state index contributed by atoms with van der Waals surface area (Å²) in [6.07, 6.45) is 8.09. The SMILES string of the molecule is CCCCCCCOCC(C)OC(=O)c1ccc(-c2ccc(CCC)cc2)cc1. The van der Waals surface area contributed by atoms with Crippen molar-refractivity contribution in [3.63, 3.8) is 0 Å². The standard InChI is InChI=1S/C26H36O3/c1-4-6-7-8-9-19-28-20-21(3)29-26(27)25-17-15-24(16-18-25)23-13-11-22(10-5-2)12-14-23/h11-18,21H,4-10,19-20H2,1-3H3. The molecule has 2 aromatic carbocycles. The largest absolute Gasteiger partial charge is 0.457 e. The van der Waals surface area contributed by atoms with Crippen LogP contribution < -0.4 is 0 Å². The van der Waals surface area contributed by atoms with Crippen molar-refractivity contribution in [2.24, 2.45) is 0 Å². The molecule has 0 fully saturated rings. The highest BCUT2D eigenvalue weighted by molar-refractivity contribution is 5.90. The van der Waals surface area contributed by atoms with E-state index in [2.05, 4.69) is 38.1 Å². The molecule has 3 heteroatoms. The van der Waals surface area contributed by atoms with E-state index in [-0.39, 0.29) is 12.1 Å². The van der Waals surface area contributed by atoms with E-state index in [1.54, 1.807) is 0 Å². The highest BCUT2D eigenvalue weighted by atomic mass is 16.6. The molecule has 0 aliphatic rings. The minimum atomic E-state index is -0.297. The first-order chi connectivity index (χ1) is 14.1. The van der Waals surface area contributed by atoms with Gasteiger partial charge in [0.15, 0.2) is 0 Å². The van der Waals surface area contributed by atoms with Gasteiger partial charge in [0.25, 0.3) is 0 Å². The number of hydrogen-bond acceptors (Lipinski definition) is 3. The van der Waals surface area contributed by atoms with Gasteiger partial charge >= 0.3 is 5.97 Å². The Morgan fingerprint density at radius 2 is 1.45 bits per heavy atom. The van der Waals surface area contributed by atoms with Gasteiger partial charge in [0.05, 0.1) is 12.2 Å².